The molecule has 0 saturated carbocycles. The smallest absolute Gasteiger partial charge is 0.232 e. The number of benzene rings is 1. The van der Waals surface area contributed by atoms with E-state index in [0.717, 1.165) is 43.9 Å². The van der Waals surface area contributed by atoms with Crippen LogP contribution in [0.5, 0.6) is 0 Å². The molecule has 1 aromatic carbocycles. The second-order valence-corrected chi connectivity index (χ2v) is 5.77. The molecule has 5 heteroatoms. The van der Waals surface area contributed by atoms with Gasteiger partial charge in [-0.3, -0.25) is 4.79 Å². The summed E-state index contributed by atoms with van der Waals surface area (Å²) in [5.41, 5.74) is 1.83. The molecule has 1 saturated heterocycles. The quantitative estimate of drug-likeness (QED) is 0.915. The molecule has 0 radical (unpaired) electrons. The van der Waals surface area contributed by atoms with Gasteiger partial charge in [0.15, 0.2) is 0 Å². The van der Waals surface area contributed by atoms with Crippen molar-refractivity contribution in [3.05, 3.63) is 35.4 Å². The van der Waals surface area contributed by atoms with E-state index in [9.17, 15) is 4.79 Å². The van der Waals surface area contributed by atoms with Gasteiger partial charge < -0.3 is 10.2 Å². The minimum absolute atomic E-state index is 0.229. The largest absolute Gasteiger partial charge is 0.341 e. The van der Waals surface area contributed by atoms with E-state index in [2.05, 4.69) is 11.4 Å². The maximum Gasteiger partial charge on any atom is 0.232 e. The number of rotatable bonds is 4. The highest BCUT2D eigenvalue weighted by Gasteiger charge is 2.14. The van der Waals surface area contributed by atoms with Crippen LogP contribution in [0.1, 0.15) is 17.5 Å². The molecule has 0 spiro atoms. The van der Waals surface area contributed by atoms with Gasteiger partial charge in [0, 0.05) is 25.4 Å². The molecule has 1 N–H and O–H groups in total. The topological polar surface area (TPSA) is 56.1 Å². The normalized spacial score (nSPS) is 15.4. The third kappa shape index (κ3) is 4.55. The van der Waals surface area contributed by atoms with Crippen LogP contribution in [0.2, 0.25) is 0 Å². The van der Waals surface area contributed by atoms with E-state index in [1.807, 2.05) is 29.2 Å². The minimum atomic E-state index is 0.229. The van der Waals surface area contributed by atoms with E-state index in [1.165, 1.54) is 0 Å². The van der Waals surface area contributed by atoms with Crippen molar-refractivity contribution < 1.29 is 4.79 Å². The Labute approximate surface area is 124 Å². The molecule has 0 atom stereocenters. The predicted molar refractivity (Wildman–Crippen MR) is 81.4 cm³/mol. The van der Waals surface area contributed by atoms with Gasteiger partial charge >= 0.3 is 0 Å². The van der Waals surface area contributed by atoms with E-state index in [4.69, 9.17) is 5.26 Å². The highest BCUT2D eigenvalue weighted by atomic mass is 32.2. The van der Waals surface area contributed by atoms with Crippen LogP contribution < -0.4 is 5.32 Å². The maximum atomic E-state index is 12.1. The van der Waals surface area contributed by atoms with Crippen LogP contribution in [0.15, 0.2) is 24.3 Å². The molecule has 1 heterocycles. The summed E-state index contributed by atoms with van der Waals surface area (Å²) in [6.07, 6.45) is 1.03. The molecule has 1 aromatic rings. The zero-order chi connectivity index (χ0) is 14.2. The number of carbonyl (C=O) groups is 1. The van der Waals surface area contributed by atoms with Crippen LogP contribution in [0.25, 0.3) is 0 Å². The Morgan fingerprint density at radius 1 is 1.30 bits per heavy atom. The average molecular weight is 289 g/mol. The summed E-state index contributed by atoms with van der Waals surface area (Å²) in [6, 6.07) is 9.64. The monoisotopic (exact) mass is 289 g/mol. The van der Waals surface area contributed by atoms with Crippen molar-refractivity contribution in [3.8, 4) is 6.07 Å². The molecule has 106 valence electrons. The average Bonchev–Trinajstić information content (AvgIpc) is 2.77. The van der Waals surface area contributed by atoms with Crippen LogP contribution in [-0.2, 0) is 10.5 Å². The van der Waals surface area contributed by atoms with Crippen molar-refractivity contribution in [1.82, 2.24) is 10.2 Å². The van der Waals surface area contributed by atoms with Crippen molar-refractivity contribution in [2.45, 2.75) is 12.2 Å². The van der Waals surface area contributed by atoms with Gasteiger partial charge in [0.2, 0.25) is 5.91 Å². The summed E-state index contributed by atoms with van der Waals surface area (Å²) in [7, 11) is 0. The first kappa shape index (κ1) is 14.9. The van der Waals surface area contributed by atoms with Crippen LogP contribution in [-0.4, -0.2) is 42.7 Å². The Morgan fingerprint density at radius 2 is 2.10 bits per heavy atom. The van der Waals surface area contributed by atoms with Gasteiger partial charge in [-0.2, -0.15) is 5.26 Å². The van der Waals surface area contributed by atoms with E-state index in [0.29, 0.717) is 11.3 Å². The van der Waals surface area contributed by atoms with Gasteiger partial charge in [0.1, 0.15) is 0 Å². The van der Waals surface area contributed by atoms with Crippen molar-refractivity contribution >= 4 is 17.7 Å². The molecule has 0 bridgehead atoms. The number of nitriles is 1. The lowest BCUT2D eigenvalue weighted by Gasteiger charge is -2.19. The second-order valence-electron chi connectivity index (χ2n) is 4.79. The highest BCUT2D eigenvalue weighted by Crippen LogP contribution is 2.14. The van der Waals surface area contributed by atoms with Crippen LogP contribution in [0, 0.1) is 11.3 Å². The molecule has 0 unspecified atom stereocenters. The van der Waals surface area contributed by atoms with E-state index >= 15 is 0 Å². The van der Waals surface area contributed by atoms with Gasteiger partial charge in [-0.1, -0.05) is 12.1 Å². The number of carbonyl (C=O) groups excluding carboxylic acids is 1. The zero-order valence-electron chi connectivity index (χ0n) is 11.5. The maximum absolute atomic E-state index is 12.1. The van der Waals surface area contributed by atoms with Crippen LogP contribution >= 0.6 is 11.8 Å². The molecule has 0 aliphatic carbocycles. The van der Waals surface area contributed by atoms with Crippen LogP contribution in [0.4, 0.5) is 0 Å². The number of thioether (sulfide) groups is 1. The van der Waals surface area contributed by atoms with Crippen molar-refractivity contribution in [1.29, 1.82) is 5.26 Å². The first-order chi connectivity index (χ1) is 9.79. The summed E-state index contributed by atoms with van der Waals surface area (Å²) in [5, 5.41) is 12.0. The van der Waals surface area contributed by atoms with Gasteiger partial charge in [-0.25, -0.2) is 0 Å². The fourth-order valence-electron chi connectivity index (χ4n) is 2.12. The predicted octanol–water partition coefficient (Wildman–Crippen LogP) is 1.61. The van der Waals surface area contributed by atoms with Gasteiger partial charge in [0.05, 0.1) is 17.4 Å². The molecule has 4 nitrogen and oxygen atoms in total. The number of nitrogens with one attached hydrogen (secondary N) is 1. The number of hydrogen-bond acceptors (Lipinski definition) is 4. The number of hydrogen-bond donors (Lipinski definition) is 1. The summed E-state index contributed by atoms with van der Waals surface area (Å²) < 4.78 is 0. The fraction of sp³-hybridized carbons (Fsp3) is 0.467. The molecule has 1 aliphatic heterocycles. The lowest BCUT2D eigenvalue weighted by molar-refractivity contribution is -0.128. The minimum Gasteiger partial charge on any atom is -0.341 e. The summed E-state index contributed by atoms with van der Waals surface area (Å²) >= 11 is 1.63. The fourth-order valence-corrected chi connectivity index (χ4v) is 3.01. The van der Waals surface area contributed by atoms with E-state index in [1.54, 1.807) is 11.8 Å². The SMILES string of the molecule is N#Cc1ccc(CSCC(=O)N2CCCNCC2)cc1. The van der Waals surface area contributed by atoms with Crippen LogP contribution in [0.3, 0.4) is 0 Å². The van der Waals surface area contributed by atoms with Crippen molar-refractivity contribution in [2.75, 3.05) is 31.9 Å². The molecule has 1 amide bonds. The molecular weight excluding hydrogens is 270 g/mol. The molecule has 1 fully saturated rings. The summed E-state index contributed by atoms with van der Waals surface area (Å²) in [4.78, 5) is 14.0. The molecule has 1 aliphatic rings. The Balaban J connectivity index is 1.74. The molecule has 2 rings (SSSR count). The molecule has 0 aromatic heterocycles. The highest BCUT2D eigenvalue weighted by molar-refractivity contribution is 7.99. The van der Waals surface area contributed by atoms with E-state index < -0.39 is 0 Å². The second kappa shape index (κ2) is 7.93. The van der Waals surface area contributed by atoms with Gasteiger partial charge in [-0.05, 0) is 30.7 Å². The molecule has 20 heavy (non-hydrogen) atoms. The Hall–Kier alpha value is -1.51. The lowest BCUT2D eigenvalue weighted by Crippen LogP contribution is -2.35. The van der Waals surface area contributed by atoms with E-state index in [-0.39, 0.29) is 5.91 Å². The molecular formula is C15H19N3OS. The Kier molecular flexibility index (Phi) is 5.90. The Morgan fingerprint density at radius 3 is 2.85 bits per heavy atom. The standard InChI is InChI=1S/C15H19N3OS/c16-10-13-2-4-14(5-3-13)11-20-12-15(19)18-8-1-6-17-7-9-18/h2-5,17H,1,6-9,11-12H2. The third-order valence-electron chi connectivity index (χ3n) is 3.27. The zero-order valence-corrected chi connectivity index (χ0v) is 12.3. The van der Waals surface area contributed by atoms with Crippen molar-refractivity contribution in [2.24, 2.45) is 0 Å². The summed E-state index contributed by atoms with van der Waals surface area (Å²) in [5.74, 6) is 1.57. The summed E-state index contributed by atoms with van der Waals surface area (Å²) in [6.45, 7) is 3.58. The lowest BCUT2D eigenvalue weighted by atomic mass is 10.2. The first-order valence-corrected chi connectivity index (χ1v) is 8.00. The number of nitrogens with zero attached hydrogens (tertiary/aromatic N) is 2. The number of amides is 1. The Bertz CT molecular complexity index is 473. The third-order valence-corrected chi connectivity index (χ3v) is 4.26. The van der Waals surface area contributed by atoms with Gasteiger partial charge in [0.25, 0.3) is 0 Å². The van der Waals surface area contributed by atoms with Gasteiger partial charge in [-0.15, -0.1) is 11.8 Å². The first-order valence-electron chi connectivity index (χ1n) is 6.85. The van der Waals surface area contributed by atoms with Crippen molar-refractivity contribution in [3.63, 3.8) is 0 Å².